The van der Waals surface area contributed by atoms with Crippen molar-refractivity contribution < 1.29 is 9.47 Å². The molecule has 0 amide bonds. The minimum absolute atomic E-state index is 0.155. The van der Waals surface area contributed by atoms with Crippen molar-refractivity contribution in [1.29, 1.82) is 0 Å². The molecule has 2 rings (SSSR count). The van der Waals surface area contributed by atoms with Gasteiger partial charge >= 0.3 is 0 Å². The highest BCUT2D eigenvalue weighted by molar-refractivity contribution is 6.51. The van der Waals surface area contributed by atoms with E-state index in [2.05, 4.69) is 0 Å². The van der Waals surface area contributed by atoms with Crippen LogP contribution in [0.15, 0.2) is 18.2 Å². The molecule has 0 atom stereocenters. The predicted octanol–water partition coefficient (Wildman–Crippen LogP) is 6.64. The number of hydrogen-bond acceptors (Lipinski definition) is 2. The molecule has 0 radical (unpaired) electrons. The van der Waals surface area contributed by atoms with E-state index in [0.29, 0.717) is 26.9 Å². The fourth-order valence-electron chi connectivity index (χ4n) is 1.93. The minimum atomic E-state index is 0.155. The van der Waals surface area contributed by atoms with Crippen LogP contribution in [-0.4, -0.2) is 14.2 Å². The van der Waals surface area contributed by atoms with Crippen LogP contribution in [0.1, 0.15) is 0 Å². The summed E-state index contributed by atoms with van der Waals surface area (Å²) in [5.74, 6) is 0.612. The summed E-state index contributed by atoms with van der Waals surface area (Å²) in [6.07, 6.45) is 0. The van der Waals surface area contributed by atoms with Crippen LogP contribution in [0.3, 0.4) is 0 Å². The third kappa shape index (κ3) is 2.88. The Kier molecular flexibility index (Phi) is 5.39. The highest BCUT2D eigenvalue weighted by Gasteiger charge is 2.25. The van der Waals surface area contributed by atoms with Crippen LogP contribution in [0.4, 0.5) is 0 Å². The topological polar surface area (TPSA) is 18.5 Å². The molecular weight excluding hydrogens is 377 g/mol. The van der Waals surface area contributed by atoms with E-state index in [0.717, 1.165) is 0 Å². The molecule has 0 spiro atoms. The van der Waals surface area contributed by atoms with Gasteiger partial charge in [0.05, 0.1) is 34.3 Å². The van der Waals surface area contributed by atoms with Gasteiger partial charge in [0.1, 0.15) is 5.02 Å². The third-order valence-corrected chi connectivity index (χ3v) is 5.00. The van der Waals surface area contributed by atoms with Gasteiger partial charge in [-0.05, 0) is 6.07 Å². The standard InChI is InChI=1S/C14H9Cl5O2/c1-20-13-8(6-4-3-5-7(15)9(6)16)10(17)11(18)12(19)14(13)21-2/h3-5H,1-2H3. The first-order valence-corrected chi connectivity index (χ1v) is 7.55. The third-order valence-electron chi connectivity index (χ3n) is 2.87. The highest BCUT2D eigenvalue weighted by Crippen LogP contribution is 2.53. The van der Waals surface area contributed by atoms with Crippen molar-refractivity contribution in [2.24, 2.45) is 0 Å². The van der Waals surface area contributed by atoms with Gasteiger partial charge in [-0.25, -0.2) is 0 Å². The predicted molar refractivity (Wildman–Crippen MR) is 90.0 cm³/mol. The zero-order chi connectivity index (χ0) is 15.7. The molecule has 0 unspecified atom stereocenters. The molecule has 7 heteroatoms. The van der Waals surface area contributed by atoms with Crippen LogP contribution in [-0.2, 0) is 0 Å². The van der Waals surface area contributed by atoms with Crippen molar-refractivity contribution in [2.75, 3.05) is 14.2 Å². The van der Waals surface area contributed by atoms with Gasteiger partial charge in [-0.2, -0.15) is 0 Å². The molecule has 0 aliphatic heterocycles. The number of ether oxygens (including phenoxy) is 2. The van der Waals surface area contributed by atoms with Gasteiger partial charge < -0.3 is 9.47 Å². The van der Waals surface area contributed by atoms with Crippen molar-refractivity contribution in [2.45, 2.75) is 0 Å². The Hall–Kier alpha value is -0.510. The van der Waals surface area contributed by atoms with Crippen molar-refractivity contribution in [3.05, 3.63) is 43.3 Å². The Labute approximate surface area is 147 Å². The van der Waals surface area contributed by atoms with E-state index in [4.69, 9.17) is 67.5 Å². The van der Waals surface area contributed by atoms with Crippen LogP contribution in [0.25, 0.3) is 11.1 Å². The van der Waals surface area contributed by atoms with Crippen LogP contribution in [0, 0.1) is 0 Å². The monoisotopic (exact) mass is 384 g/mol. The molecule has 0 saturated heterocycles. The Morgan fingerprint density at radius 1 is 0.714 bits per heavy atom. The van der Waals surface area contributed by atoms with Gasteiger partial charge in [0.25, 0.3) is 0 Å². The molecular formula is C14H9Cl5O2. The van der Waals surface area contributed by atoms with Gasteiger partial charge in [-0.1, -0.05) is 70.1 Å². The largest absolute Gasteiger partial charge is 0.492 e. The van der Waals surface area contributed by atoms with Gasteiger partial charge in [-0.15, -0.1) is 0 Å². The lowest BCUT2D eigenvalue weighted by atomic mass is 10.0. The van der Waals surface area contributed by atoms with Crippen LogP contribution < -0.4 is 9.47 Å². The van der Waals surface area contributed by atoms with E-state index in [9.17, 15) is 0 Å². The highest BCUT2D eigenvalue weighted by atomic mass is 35.5. The second kappa shape index (κ2) is 6.72. The second-order valence-electron chi connectivity index (χ2n) is 3.98. The Morgan fingerprint density at radius 2 is 1.33 bits per heavy atom. The lowest BCUT2D eigenvalue weighted by molar-refractivity contribution is 0.356. The molecule has 0 bridgehead atoms. The molecule has 0 heterocycles. The Morgan fingerprint density at radius 3 is 1.90 bits per heavy atom. The molecule has 112 valence electrons. The SMILES string of the molecule is COc1c(Cl)c(Cl)c(Cl)c(-c2cccc(Cl)c2Cl)c1OC. The average Bonchev–Trinajstić information content (AvgIpc) is 2.48. The lowest BCUT2D eigenvalue weighted by Crippen LogP contribution is -1.97. The van der Waals surface area contributed by atoms with Gasteiger partial charge in [0, 0.05) is 11.1 Å². The molecule has 2 aromatic carbocycles. The van der Waals surface area contributed by atoms with Gasteiger partial charge in [-0.3, -0.25) is 0 Å². The van der Waals surface area contributed by atoms with Crippen molar-refractivity contribution >= 4 is 58.0 Å². The fourth-order valence-corrected chi connectivity index (χ4v) is 3.10. The summed E-state index contributed by atoms with van der Waals surface area (Å²) < 4.78 is 10.6. The smallest absolute Gasteiger partial charge is 0.181 e. The minimum Gasteiger partial charge on any atom is -0.492 e. The van der Waals surface area contributed by atoms with E-state index in [1.54, 1.807) is 18.2 Å². The van der Waals surface area contributed by atoms with E-state index in [1.807, 2.05) is 0 Å². The number of methoxy groups -OCH3 is 2. The molecule has 0 fully saturated rings. The second-order valence-corrected chi connectivity index (χ2v) is 5.90. The summed E-state index contributed by atoms with van der Waals surface area (Å²) in [5.41, 5.74) is 1.04. The number of halogens is 5. The summed E-state index contributed by atoms with van der Waals surface area (Å²) in [4.78, 5) is 0. The maximum atomic E-state index is 6.32. The van der Waals surface area contributed by atoms with Gasteiger partial charge in [0.15, 0.2) is 11.5 Å². The van der Waals surface area contributed by atoms with E-state index in [1.165, 1.54) is 14.2 Å². The van der Waals surface area contributed by atoms with E-state index < -0.39 is 0 Å². The first-order chi connectivity index (χ1) is 9.93. The van der Waals surface area contributed by atoms with Crippen molar-refractivity contribution in [3.8, 4) is 22.6 Å². The number of benzene rings is 2. The Bertz CT molecular complexity index is 700. The quantitative estimate of drug-likeness (QED) is 0.551. The summed E-state index contributed by atoms with van der Waals surface area (Å²) in [6, 6.07) is 5.17. The molecule has 0 saturated carbocycles. The number of rotatable bonds is 3. The summed E-state index contributed by atoms with van der Waals surface area (Å²) in [6.45, 7) is 0. The van der Waals surface area contributed by atoms with Crippen molar-refractivity contribution in [1.82, 2.24) is 0 Å². The summed E-state index contributed by atoms with van der Waals surface area (Å²) in [7, 11) is 2.93. The molecule has 2 nitrogen and oxygen atoms in total. The van der Waals surface area contributed by atoms with E-state index >= 15 is 0 Å². The average molecular weight is 386 g/mol. The lowest BCUT2D eigenvalue weighted by Gasteiger charge is -2.18. The fraction of sp³-hybridized carbons (Fsp3) is 0.143. The first kappa shape index (κ1) is 16.9. The van der Waals surface area contributed by atoms with Crippen LogP contribution >= 0.6 is 58.0 Å². The molecule has 0 aliphatic carbocycles. The maximum Gasteiger partial charge on any atom is 0.181 e. The number of hydrogen-bond donors (Lipinski definition) is 0. The normalized spacial score (nSPS) is 10.6. The summed E-state index contributed by atoms with van der Waals surface area (Å²) >= 11 is 30.9. The maximum absolute atomic E-state index is 6.32. The van der Waals surface area contributed by atoms with Crippen LogP contribution in [0.5, 0.6) is 11.5 Å². The molecule has 0 aliphatic rings. The zero-order valence-electron chi connectivity index (χ0n) is 10.9. The van der Waals surface area contributed by atoms with Crippen LogP contribution in [0.2, 0.25) is 25.1 Å². The molecule has 2 aromatic rings. The first-order valence-electron chi connectivity index (χ1n) is 5.66. The van der Waals surface area contributed by atoms with E-state index in [-0.39, 0.29) is 20.8 Å². The zero-order valence-corrected chi connectivity index (χ0v) is 14.7. The molecule has 0 aromatic heterocycles. The van der Waals surface area contributed by atoms with Gasteiger partial charge in [0.2, 0.25) is 0 Å². The summed E-state index contributed by atoms with van der Waals surface area (Å²) in [5, 5.41) is 1.26. The van der Waals surface area contributed by atoms with Crippen molar-refractivity contribution in [3.63, 3.8) is 0 Å². The molecule has 0 N–H and O–H groups in total. The molecule has 21 heavy (non-hydrogen) atoms. The Balaban J connectivity index is 2.91.